The van der Waals surface area contributed by atoms with E-state index in [-0.39, 0.29) is 11.8 Å². The van der Waals surface area contributed by atoms with E-state index < -0.39 is 4.92 Å². The van der Waals surface area contributed by atoms with Crippen molar-refractivity contribution in [3.63, 3.8) is 0 Å². The summed E-state index contributed by atoms with van der Waals surface area (Å²) in [5.41, 5.74) is 1.09. The van der Waals surface area contributed by atoms with Crippen LogP contribution in [0.5, 0.6) is 0 Å². The lowest BCUT2D eigenvalue weighted by molar-refractivity contribution is -0.384. The predicted octanol–water partition coefficient (Wildman–Crippen LogP) is 1.26. The number of nitro groups is 1. The molecule has 2 rings (SSSR count). The standard InChI is InChI=1S/C10H12N2O3/c13-12(14)9-3-1-8(2-4-9)10-7-11-5-6-15-10/h1-4,10-11H,5-7H2/t10-/m0/s1. The molecule has 0 saturated carbocycles. The molecule has 0 bridgehead atoms. The van der Waals surface area contributed by atoms with E-state index in [1.165, 1.54) is 12.1 Å². The molecule has 0 unspecified atom stereocenters. The summed E-state index contributed by atoms with van der Waals surface area (Å²) in [6.07, 6.45) is 0.0135. The Hall–Kier alpha value is -1.46. The van der Waals surface area contributed by atoms with Crippen LogP contribution >= 0.6 is 0 Å². The maximum Gasteiger partial charge on any atom is 0.269 e. The van der Waals surface area contributed by atoms with Crippen molar-refractivity contribution in [2.24, 2.45) is 0 Å². The third-order valence-corrected chi connectivity index (χ3v) is 2.40. The van der Waals surface area contributed by atoms with Gasteiger partial charge in [-0.2, -0.15) is 0 Å². The minimum Gasteiger partial charge on any atom is -0.371 e. The first-order valence-electron chi connectivity index (χ1n) is 4.84. The Balaban J connectivity index is 2.11. The fraction of sp³-hybridized carbons (Fsp3) is 0.400. The number of nitrogens with zero attached hydrogens (tertiary/aromatic N) is 1. The summed E-state index contributed by atoms with van der Waals surface area (Å²) in [4.78, 5) is 10.1. The first-order valence-corrected chi connectivity index (χ1v) is 4.84. The highest BCUT2D eigenvalue weighted by Gasteiger charge is 2.16. The van der Waals surface area contributed by atoms with Gasteiger partial charge in [-0.25, -0.2) is 0 Å². The molecule has 0 aliphatic carbocycles. The lowest BCUT2D eigenvalue weighted by atomic mass is 10.1. The van der Waals surface area contributed by atoms with Gasteiger partial charge in [0.25, 0.3) is 5.69 Å². The van der Waals surface area contributed by atoms with Crippen LogP contribution in [-0.2, 0) is 4.74 Å². The van der Waals surface area contributed by atoms with E-state index in [0.717, 1.165) is 18.7 Å². The molecule has 0 aromatic heterocycles. The predicted molar refractivity (Wildman–Crippen MR) is 54.7 cm³/mol. The van der Waals surface area contributed by atoms with Gasteiger partial charge in [-0.15, -0.1) is 0 Å². The molecule has 1 N–H and O–H groups in total. The lowest BCUT2D eigenvalue weighted by Crippen LogP contribution is -2.33. The molecule has 0 spiro atoms. The van der Waals surface area contributed by atoms with Gasteiger partial charge in [0.05, 0.1) is 17.6 Å². The monoisotopic (exact) mass is 208 g/mol. The molecule has 0 amide bonds. The van der Waals surface area contributed by atoms with Gasteiger partial charge in [0.2, 0.25) is 0 Å². The van der Waals surface area contributed by atoms with Crippen molar-refractivity contribution in [1.82, 2.24) is 5.32 Å². The van der Waals surface area contributed by atoms with Gasteiger partial charge in [-0.1, -0.05) is 0 Å². The van der Waals surface area contributed by atoms with Crippen LogP contribution in [0.4, 0.5) is 5.69 Å². The zero-order valence-corrected chi connectivity index (χ0v) is 8.18. The zero-order valence-electron chi connectivity index (χ0n) is 8.18. The Morgan fingerprint density at radius 2 is 2.13 bits per heavy atom. The number of benzene rings is 1. The molecule has 80 valence electrons. The summed E-state index contributed by atoms with van der Waals surface area (Å²) in [5.74, 6) is 0. The molecule has 1 saturated heterocycles. The maximum absolute atomic E-state index is 10.5. The number of ether oxygens (including phenoxy) is 1. The Morgan fingerprint density at radius 3 is 2.67 bits per heavy atom. The van der Waals surface area contributed by atoms with E-state index in [1.807, 2.05) is 0 Å². The average Bonchev–Trinajstić information content (AvgIpc) is 2.30. The molecular formula is C10H12N2O3. The molecule has 15 heavy (non-hydrogen) atoms. The minimum absolute atomic E-state index is 0.0135. The lowest BCUT2D eigenvalue weighted by Gasteiger charge is -2.23. The molecule has 1 fully saturated rings. The average molecular weight is 208 g/mol. The molecule has 1 heterocycles. The van der Waals surface area contributed by atoms with Gasteiger partial charge >= 0.3 is 0 Å². The van der Waals surface area contributed by atoms with E-state index in [1.54, 1.807) is 12.1 Å². The van der Waals surface area contributed by atoms with Crippen LogP contribution in [0, 0.1) is 10.1 Å². The van der Waals surface area contributed by atoms with Crippen molar-refractivity contribution >= 4 is 5.69 Å². The number of hydrogen-bond donors (Lipinski definition) is 1. The van der Waals surface area contributed by atoms with Gasteiger partial charge in [0, 0.05) is 25.2 Å². The fourth-order valence-electron chi connectivity index (χ4n) is 1.59. The number of rotatable bonds is 2. The number of hydrogen-bond acceptors (Lipinski definition) is 4. The van der Waals surface area contributed by atoms with Crippen LogP contribution in [0.3, 0.4) is 0 Å². The highest BCUT2D eigenvalue weighted by atomic mass is 16.6. The normalized spacial score (nSPS) is 21.2. The SMILES string of the molecule is O=[N+]([O-])c1ccc([C@@H]2CNCCO2)cc1. The van der Waals surface area contributed by atoms with E-state index >= 15 is 0 Å². The van der Waals surface area contributed by atoms with E-state index in [9.17, 15) is 10.1 Å². The first kappa shape index (κ1) is 10.1. The molecule has 1 aromatic rings. The van der Waals surface area contributed by atoms with Crippen molar-refractivity contribution in [1.29, 1.82) is 0 Å². The molecule has 1 atom stereocenters. The quantitative estimate of drug-likeness (QED) is 0.587. The van der Waals surface area contributed by atoms with Gasteiger partial charge < -0.3 is 10.1 Å². The molecule has 0 radical (unpaired) electrons. The summed E-state index contributed by atoms with van der Waals surface area (Å²) in [7, 11) is 0. The third kappa shape index (κ3) is 2.31. The Morgan fingerprint density at radius 1 is 1.40 bits per heavy atom. The highest BCUT2D eigenvalue weighted by Crippen LogP contribution is 2.21. The summed E-state index contributed by atoms with van der Waals surface area (Å²) >= 11 is 0. The van der Waals surface area contributed by atoms with Crippen LogP contribution < -0.4 is 5.32 Å². The second kappa shape index (κ2) is 4.37. The van der Waals surface area contributed by atoms with Crippen molar-refractivity contribution in [2.45, 2.75) is 6.10 Å². The molecule has 5 heteroatoms. The third-order valence-electron chi connectivity index (χ3n) is 2.40. The van der Waals surface area contributed by atoms with Gasteiger partial charge in [-0.05, 0) is 17.7 Å². The van der Waals surface area contributed by atoms with Crippen LogP contribution in [0.2, 0.25) is 0 Å². The molecular weight excluding hydrogens is 196 g/mol. The Labute approximate surface area is 87.2 Å². The smallest absolute Gasteiger partial charge is 0.269 e. The summed E-state index contributed by atoms with van der Waals surface area (Å²) in [5, 5.41) is 13.7. The fourth-order valence-corrected chi connectivity index (χ4v) is 1.59. The summed E-state index contributed by atoms with van der Waals surface area (Å²) in [6.45, 7) is 2.31. The van der Waals surface area contributed by atoms with Gasteiger partial charge in [-0.3, -0.25) is 10.1 Å². The van der Waals surface area contributed by atoms with Crippen molar-refractivity contribution < 1.29 is 9.66 Å². The number of morpholine rings is 1. The second-order valence-electron chi connectivity index (χ2n) is 3.41. The van der Waals surface area contributed by atoms with Crippen LogP contribution in [0.1, 0.15) is 11.7 Å². The largest absolute Gasteiger partial charge is 0.371 e. The van der Waals surface area contributed by atoms with Crippen LogP contribution in [0.25, 0.3) is 0 Å². The topological polar surface area (TPSA) is 64.4 Å². The minimum atomic E-state index is -0.399. The van der Waals surface area contributed by atoms with Gasteiger partial charge in [0.1, 0.15) is 0 Å². The zero-order chi connectivity index (χ0) is 10.7. The number of nitro benzene ring substituents is 1. The van der Waals surface area contributed by atoms with Crippen molar-refractivity contribution in [3.8, 4) is 0 Å². The van der Waals surface area contributed by atoms with E-state index in [0.29, 0.717) is 6.61 Å². The Bertz CT molecular complexity index is 344. The highest BCUT2D eigenvalue weighted by molar-refractivity contribution is 5.34. The molecule has 5 nitrogen and oxygen atoms in total. The van der Waals surface area contributed by atoms with Crippen LogP contribution in [0.15, 0.2) is 24.3 Å². The molecule has 1 aliphatic rings. The van der Waals surface area contributed by atoms with Crippen LogP contribution in [-0.4, -0.2) is 24.6 Å². The maximum atomic E-state index is 10.5. The number of nitrogens with one attached hydrogen (secondary N) is 1. The van der Waals surface area contributed by atoms with E-state index in [4.69, 9.17) is 4.74 Å². The summed E-state index contributed by atoms with van der Waals surface area (Å²) < 4.78 is 5.53. The number of non-ortho nitro benzene ring substituents is 1. The second-order valence-corrected chi connectivity index (χ2v) is 3.41. The van der Waals surface area contributed by atoms with E-state index in [2.05, 4.69) is 5.32 Å². The summed E-state index contributed by atoms with van der Waals surface area (Å²) in [6, 6.07) is 6.51. The van der Waals surface area contributed by atoms with Gasteiger partial charge in [0.15, 0.2) is 0 Å². The van der Waals surface area contributed by atoms with Crippen molar-refractivity contribution in [3.05, 3.63) is 39.9 Å². The molecule has 1 aliphatic heterocycles. The van der Waals surface area contributed by atoms with Crippen molar-refractivity contribution in [2.75, 3.05) is 19.7 Å². The molecule has 1 aromatic carbocycles. The Kier molecular flexibility index (Phi) is 2.94. The first-order chi connectivity index (χ1) is 7.27.